The summed E-state index contributed by atoms with van der Waals surface area (Å²) in [4.78, 5) is 11.4. The van der Waals surface area contributed by atoms with Gasteiger partial charge in [-0.25, -0.2) is 0 Å². The number of hydrogen-bond acceptors (Lipinski definition) is 2. The van der Waals surface area contributed by atoms with Crippen molar-refractivity contribution in [3.05, 3.63) is 48.1 Å². The Labute approximate surface area is 161 Å². The Morgan fingerprint density at radius 2 is 1.54 bits per heavy atom. The quantitative estimate of drug-likeness (QED) is 0.276. The van der Waals surface area contributed by atoms with Crippen LogP contribution in [0.25, 0.3) is 0 Å². The van der Waals surface area contributed by atoms with Crippen LogP contribution in [0.2, 0.25) is 0 Å². The zero-order valence-corrected chi connectivity index (χ0v) is 16.9. The molecule has 0 aliphatic heterocycles. The fourth-order valence-corrected chi connectivity index (χ4v) is 2.45. The van der Waals surface area contributed by atoms with Gasteiger partial charge in [-0.3, -0.25) is 4.79 Å². The molecule has 0 heterocycles. The highest BCUT2D eigenvalue weighted by Crippen LogP contribution is 2.08. The van der Waals surface area contributed by atoms with Crippen LogP contribution >= 0.6 is 0 Å². The Hall–Kier alpha value is -1.61. The van der Waals surface area contributed by atoms with Gasteiger partial charge in [-0.05, 0) is 51.9 Å². The van der Waals surface area contributed by atoms with Gasteiger partial charge < -0.3 is 10.4 Å². The molecular weight excluding hydrogens is 322 g/mol. The Balaban J connectivity index is 3.63. The van der Waals surface area contributed by atoms with Crippen LogP contribution in [0.4, 0.5) is 0 Å². The second-order valence-electron chi connectivity index (χ2n) is 6.59. The largest absolute Gasteiger partial charge is 0.395 e. The van der Waals surface area contributed by atoms with Crippen molar-refractivity contribution in [3.8, 4) is 0 Å². The molecule has 0 aromatic heterocycles. The number of hydrogen-bond donors (Lipinski definition) is 2. The molecule has 0 aliphatic rings. The number of aliphatic hydroxyl groups excluding tert-OH is 1. The molecular formula is C23H39NO2. The van der Waals surface area contributed by atoms with Crippen LogP contribution in [-0.4, -0.2) is 24.2 Å². The second kappa shape index (κ2) is 19.7. The highest BCUT2D eigenvalue weighted by molar-refractivity contribution is 5.75. The summed E-state index contributed by atoms with van der Waals surface area (Å²) in [6.45, 7) is 4.70. The summed E-state index contributed by atoms with van der Waals surface area (Å²) < 4.78 is 0. The zero-order chi connectivity index (χ0) is 19.3. The molecule has 0 atom stereocenters. The lowest BCUT2D eigenvalue weighted by Crippen LogP contribution is -2.25. The standard InChI is InChI=1S/C23H39NO2/c1-3-4-5-6-7-8-9-10-11-12-13-14-15-17-22(2)18-16-19-23(26)24-20-21-25/h7-8,10-11,13-14,17,25H,3-6,9,12,15-16,18-21H2,1-2H3,(H,24,26)/b8-7-,11-10-,14-13-,22-17-. The maximum atomic E-state index is 11.4. The molecule has 0 saturated carbocycles. The first kappa shape index (κ1) is 24.4. The van der Waals surface area contributed by atoms with E-state index in [9.17, 15) is 4.79 Å². The lowest BCUT2D eigenvalue weighted by atomic mass is 10.1. The molecule has 0 saturated heterocycles. The van der Waals surface area contributed by atoms with Crippen LogP contribution in [0.3, 0.4) is 0 Å². The summed E-state index contributed by atoms with van der Waals surface area (Å²) in [6.07, 6.45) is 26.1. The third-order valence-corrected chi connectivity index (χ3v) is 4.03. The first-order valence-corrected chi connectivity index (χ1v) is 10.2. The van der Waals surface area contributed by atoms with E-state index in [1.54, 1.807) is 0 Å². The Morgan fingerprint density at radius 1 is 0.885 bits per heavy atom. The van der Waals surface area contributed by atoms with E-state index in [-0.39, 0.29) is 12.5 Å². The summed E-state index contributed by atoms with van der Waals surface area (Å²) in [5.74, 6) is 0.0225. The van der Waals surface area contributed by atoms with Crippen molar-refractivity contribution in [2.24, 2.45) is 0 Å². The van der Waals surface area contributed by atoms with Gasteiger partial charge in [0.05, 0.1) is 6.61 Å². The van der Waals surface area contributed by atoms with Gasteiger partial charge in [0.25, 0.3) is 0 Å². The molecule has 0 fully saturated rings. The van der Waals surface area contributed by atoms with Crippen LogP contribution in [0.5, 0.6) is 0 Å². The summed E-state index contributed by atoms with van der Waals surface area (Å²) in [5.41, 5.74) is 1.33. The monoisotopic (exact) mass is 361 g/mol. The van der Waals surface area contributed by atoms with Crippen molar-refractivity contribution in [2.45, 2.75) is 78.1 Å². The van der Waals surface area contributed by atoms with Crippen molar-refractivity contribution in [1.29, 1.82) is 0 Å². The van der Waals surface area contributed by atoms with Crippen molar-refractivity contribution in [3.63, 3.8) is 0 Å². The number of rotatable bonds is 16. The molecule has 3 heteroatoms. The van der Waals surface area contributed by atoms with E-state index in [1.165, 1.54) is 31.3 Å². The van der Waals surface area contributed by atoms with E-state index in [2.05, 4.69) is 61.7 Å². The van der Waals surface area contributed by atoms with E-state index >= 15 is 0 Å². The minimum Gasteiger partial charge on any atom is -0.395 e. The average molecular weight is 362 g/mol. The van der Waals surface area contributed by atoms with E-state index in [0.29, 0.717) is 13.0 Å². The first-order chi connectivity index (χ1) is 12.7. The number of aliphatic hydroxyl groups is 1. The summed E-state index contributed by atoms with van der Waals surface area (Å²) in [7, 11) is 0. The van der Waals surface area contributed by atoms with Crippen molar-refractivity contribution in [1.82, 2.24) is 5.32 Å². The van der Waals surface area contributed by atoms with Gasteiger partial charge in [-0.15, -0.1) is 0 Å². The first-order valence-electron chi connectivity index (χ1n) is 10.2. The van der Waals surface area contributed by atoms with Crippen LogP contribution in [-0.2, 0) is 4.79 Å². The third-order valence-electron chi connectivity index (χ3n) is 4.03. The molecule has 0 unspecified atom stereocenters. The third kappa shape index (κ3) is 18.7. The van der Waals surface area contributed by atoms with Crippen molar-refractivity contribution < 1.29 is 9.90 Å². The summed E-state index contributed by atoms with van der Waals surface area (Å²) in [5, 5.41) is 11.3. The van der Waals surface area contributed by atoms with E-state index < -0.39 is 0 Å². The topological polar surface area (TPSA) is 49.3 Å². The summed E-state index contributed by atoms with van der Waals surface area (Å²) in [6, 6.07) is 0. The molecule has 3 nitrogen and oxygen atoms in total. The van der Waals surface area contributed by atoms with Gasteiger partial charge in [0.15, 0.2) is 0 Å². The minimum absolute atomic E-state index is 0.00193. The van der Waals surface area contributed by atoms with E-state index in [0.717, 1.165) is 32.1 Å². The van der Waals surface area contributed by atoms with Crippen molar-refractivity contribution in [2.75, 3.05) is 13.2 Å². The molecule has 0 aliphatic carbocycles. The molecule has 0 aromatic carbocycles. The number of nitrogens with one attached hydrogen (secondary N) is 1. The van der Waals surface area contributed by atoms with Gasteiger partial charge >= 0.3 is 0 Å². The van der Waals surface area contributed by atoms with Gasteiger partial charge in [-0.2, -0.15) is 0 Å². The highest BCUT2D eigenvalue weighted by Gasteiger charge is 1.99. The van der Waals surface area contributed by atoms with Gasteiger partial charge in [-0.1, -0.05) is 67.9 Å². The second-order valence-corrected chi connectivity index (χ2v) is 6.59. The molecule has 0 radical (unpaired) electrons. The smallest absolute Gasteiger partial charge is 0.220 e. The Kier molecular flexibility index (Phi) is 18.5. The van der Waals surface area contributed by atoms with Gasteiger partial charge in [0, 0.05) is 13.0 Å². The normalized spacial score (nSPS) is 12.7. The maximum absolute atomic E-state index is 11.4. The SMILES string of the molecule is CCCCC/C=C\C/C=C\C/C=C\C/C=C(/C)CCCC(=O)NCCO. The fourth-order valence-electron chi connectivity index (χ4n) is 2.45. The molecule has 0 spiro atoms. The Morgan fingerprint density at radius 3 is 2.19 bits per heavy atom. The van der Waals surface area contributed by atoms with Crippen LogP contribution in [0.1, 0.15) is 78.1 Å². The predicted molar refractivity (Wildman–Crippen MR) is 113 cm³/mol. The van der Waals surface area contributed by atoms with Crippen LogP contribution < -0.4 is 5.32 Å². The minimum atomic E-state index is 0.00193. The van der Waals surface area contributed by atoms with Gasteiger partial charge in [0.2, 0.25) is 5.91 Å². The Bertz CT molecular complexity index is 447. The molecule has 0 aromatic rings. The number of allylic oxidation sites excluding steroid dienone is 8. The molecule has 148 valence electrons. The summed E-state index contributed by atoms with van der Waals surface area (Å²) >= 11 is 0. The number of carbonyl (C=O) groups is 1. The average Bonchev–Trinajstić information content (AvgIpc) is 2.63. The van der Waals surface area contributed by atoms with Crippen LogP contribution in [0, 0.1) is 0 Å². The van der Waals surface area contributed by atoms with Crippen molar-refractivity contribution >= 4 is 5.91 Å². The van der Waals surface area contributed by atoms with Crippen LogP contribution in [0.15, 0.2) is 48.1 Å². The maximum Gasteiger partial charge on any atom is 0.220 e. The molecule has 0 rings (SSSR count). The number of carbonyl (C=O) groups excluding carboxylic acids is 1. The molecule has 1 amide bonds. The van der Waals surface area contributed by atoms with E-state index in [1.807, 2.05) is 0 Å². The predicted octanol–water partition coefficient (Wildman–Crippen LogP) is 5.63. The molecule has 2 N–H and O–H groups in total. The zero-order valence-electron chi connectivity index (χ0n) is 16.9. The lowest BCUT2D eigenvalue weighted by Gasteiger charge is -2.03. The highest BCUT2D eigenvalue weighted by atomic mass is 16.3. The number of unbranched alkanes of at least 4 members (excludes halogenated alkanes) is 3. The van der Waals surface area contributed by atoms with Gasteiger partial charge in [0.1, 0.15) is 0 Å². The fraction of sp³-hybridized carbons (Fsp3) is 0.609. The van der Waals surface area contributed by atoms with E-state index in [4.69, 9.17) is 5.11 Å². The molecule has 26 heavy (non-hydrogen) atoms. The number of amides is 1. The molecule has 0 bridgehead atoms. The lowest BCUT2D eigenvalue weighted by molar-refractivity contribution is -0.121.